The third kappa shape index (κ3) is 3.26. The van der Waals surface area contributed by atoms with E-state index in [1.807, 2.05) is 12.1 Å². The molecule has 3 aromatic rings. The lowest BCUT2D eigenvalue weighted by atomic mass is 10.1. The van der Waals surface area contributed by atoms with Gasteiger partial charge in [-0.05, 0) is 31.0 Å². The van der Waals surface area contributed by atoms with Crippen LogP contribution in [0.5, 0.6) is 0 Å². The van der Waals surface area contributed by atoms with Crippen LogP contribution in [0.4, 0.5) is 0 Å². The van der Waals surface area contributed by atoms with Crippen molar-refractivity contribution in [2.75, 3.05) is 0 Å². The van der Waals surface area contributed by atoms with Crippen molar-refractivity contribution >= 4 is 5.91 Å². The summed E-state index contributed by atoms with van der Waals surface area (Å²) in [7, 11) is 0. The van der Waals surface area contributed by atoms with Crippen LogP contribution in [0.25, 0.3) is 11.5 Å². The first-order chi connectivity index (χ1) is 12.2. The second-order valence-corrected chi connectivity index (χ2v) is 5.78. The van der Waals surface area contributed by atoms with E-state index >= 15 is 0 Å². The number of amides is 1. The van der Waals surface area contributed by atoms with Crippen LogP contribution >= 0.6 is 0 Å². The van der Waals surface area contributed by atoms with E-state index in [1.165, 1.54) is 6.07 Å². The maximum absolute atomic E-state index is 12.1. The molecule has 0 unspecified atom stereocenters. The maximum atomic E-state index is 12.1. The quantitative estimate of drug-likeness (QED) is 0.760. The molecule has 2 heterocycles. The van der Waals surface area contributed by atoms with E-state index in [1.54, 1.807) is 18.2 Å². The summed E-state index contributed by atoms with van der Waals surface area (Å²) in [5.41, 5.74) is 1.33. The molecule has 0 radical (unpaired) electrons. The van der Waals surface area contributed by atoms with Gasteiger partial charge in [-0.25, -0.2) is 0 Å². The minimum atomic E-state index is -0.325. The molecule has 0 atom stereocenters. The Morgan fingerprint density at radius 1 is 1.28 bits per heavy atom. The van der Waals surface area contributed by atoms with Crippen LogP contribution in [-0.2, 0) is 6.54 Å². The number of nitrogens with zero attached hydrogens (tertiary/aromatic N) is 4. The lowest BCUT2D eigenvalue weighted by Crippen LogP contribution is -2.23. The molecule has 1 amide bonds. The highest BCUT2D eigenvalue weighted by molar-refractivity contribution is 5.94. The molecule has 1 N–H and O–H groups in total. The lowest BCUT2D eigenvalue weighted by molar-refractivity contribution is 0.0946. The third-order valence-electron chi connectivity index (χ3n) is 3.86. The fraction of sp³-hybridized carbons (Fsp3) is 0.235. The molecular weight excluding hydrogens is 322 g/mol. The van der Waals surface area contributed by atoms with Gasteiger partial charge < -0.3 is 14.4 Å². The van der Waals surface area contributed by atoms with Crippen LogP contribution in [-0.4, -0.2) is 21.2 Å². The van der Waals surface area contributed by atoms with Crippen molar-refractivity contribution < 1.29 is 13.8 Å². The minimum Gasteiger partial charge on any atom is -0.360 e. The molecule has 0 saturated heterocycles. The number of rotatable bonds is 5. The summed E-state index contributed by atoms with van der Waals surface area (Å²) < 4.78 is 10.4. The largest absolute Gasteiger partial charge is 0.360 e. The molecule has 0 bridgehead atoms. The molecule has 8 nitrogen and oxygen atoms in total. The van der Waals surface area contributed by atoms with E-state index in [0.29, 0.717) is 28.6 Å². The highest BCUT2D eigenvalue weighted by atomic mass is 16.5. The van der Waals surface area contributed by atoms with Crippen LogP contribution < -0.4 is 5.32 Å². The van der Waals surface area contributed by atoms with Crippen LogP contribution in [0.3, 0.4) is 0 Å². The summed E-state index contributed by atoms with van der Waals surface area (Å²) in [6, 6.07) is 10.2. The summed E-state index contributed by atoms with van der Waals surface area (Å²) in [5.74, 6) is 1.56. The Kier molecular flexibility index (Phi) is 3.74. The first kappa shape index (κ1) is 15.1. The number of nitrogens with one attached hydrogen (secondary N) is 1. The van der Waals surface area contributed by atoms with Crippen LogP contribution in [0, 0.1) is 11.3 Å². The zero-order valence-corrected chi connectivity index (χ0v) is 13.1. The Bertz CT molecular complexity index is 965. The summed E-state index contributed by atoms with van der Waals surface area (Å²) in [6.07, 6.45) is 2.23. The smallest absolute Gasteiger partial charge is 0.251 e. The second-order valence-electron chi connectivity index (χ2n) is 5.78. The number of hydrogen-bond donors (Lipinski definition) is 1. The Morgan fingerprint density at radius 3 is 2.96 bits per heavy atom. The first-order valence-corrected chi connectivity index (χ1v) is 7.81. The SMILES string of the molecule is N#Cc1cccc(C(=O)NCc2nc(-c3cc(C4CC4)on3)no2)c1. The van der Waals surface area contributed by atoms with Crippen molar-refractivity contribution in [2.45, 2.75) is 25.3 Å². The first-order valence-electron chi connectivity index (χ1n) is 7.81. The van der Waals surface area contributed by atoms with E-state index in [9.17, 15) is 4.79 Å². The number of nitriles is 1. The van der Waals surface area contributed by atoms with Gasteiger partial charge in [-0.1, -0.05) is 16.4 Å². The zero-order valence-electron chi connectivity index (χ0n) is 13.1. The van der Waals surface area contributed by atoms with Crippen LogP contribution in [0.1, 0.15) is 46.3 Å². The Hall–Kier alpha value is -3.47. The van der Waals surface area contributed by atoms with Gasteiger partial charge in [0.2, 0.25) is 11.7 Å². The molecule has 1 saturated carbocycles. The van der Waals surface area contributed by atoms with Gasteiger partial charge >= 0.3 is 0 Å². The monoisotopic (exact) mass is 335 g/mol. The summed E-state index contributed by atoms with van der Waals surface area (Å²) in [6.45, 7) is 0.0793. The fourth-order valence-corrected chi connectivity index (χ4v) is 2.37. The van der Waals surface area contributed by atoms with Crippen molar-refractivity contribution in [3.05, 3.63) is 53.1 Å². The summed E-state index contributed by atoms with van der Waals surface area (Å²) in [5, 5.41) is 19.3. The van der Waals surface area contributed by atoms with Gasteiger partial charge in [0.1, 0.15) is 5.76 Å². The Balaban J connectivity index is 1.40. The van der Waals surface area contributed by atoms with Crippen LogP contribution in [0.2, 0.25) is 0 Å². The normalized spacial score (nSPS) is 13.4. The molecule has 1 aromatic carbocycles. The number of carbonyl (C=O) groups is 1. The van der Waals surface area contributed by atoms with Gasteiger partial charge in [0, 0.05) is 17.5 Å². The van der Waals surface area contributed by atoms with Gasteiger partial charge in [0.25, 0.3) is 5.91 Å². The number of carbonyl (C=O) groups excluding carboxylic acids is 1. The molecule has 0 spiro atoms. The van der Waals surface area contributed by atoms with E-state index in [-0.39, 0.29) is 18.3 Å². The molecule has 0 aliphatic heterocycles. The van der Waals surface area contributed by atoms with Crippen molar-refractivity contribution in [3.8, 4) is 17.6 Å². The predicted octanol–water partition coefficient (Wildman–Crippen LogP) is 2.40. The summed E-state index contributed by atoms with van der Waals surface area (Å²) >= 11 is 0. The second kappa shape index (κ2) is 6.20. The van der Waals surface area contributed by atoms with Crippen LogP contribution in [0.15, 0.2) is 39.4 Å². The average molecular weight is 335 g/mol. The standard InChI is InChI=1S/C17H13N5O3/c18-8-10-2-1-3-12(6-10)17(23)19-9-15-20-16(22-25-15)13-7-14(24-21-13)11-4-5-11/h1-3,6-7,11H,4-5,9H2,(H,19,23). The van der Waals surface area contributed by atoms with Crippen molar-refractivity contribution in [3.63, 3.8) is 0 Å². The van der Waals surface area contributed by atoms with E-state index in [4.69, 9.17) is 14.3 Å². The van der Waals surface area contributed by atoms with Crippen molar-refractivity contribution in [1.29, 1.82) is 5.26 Å². The molecule has 2 aromatic heterocycles. The molecule has 8 heteroatoms. The number of hydrogen-bond acceptors (Lipinski definition) is 7. The van der Waals surface area contributed by atoms with E-state index in [2.05, 4.69) is 20.6 Å². The molecule has 1 aliphatic rings. The van der Waals surface area contributed by atoms with Gasteiger partial charge in [0.05, 0.1) is 18.2 Å². The molecule has 25 heavy (non-hydrogen) atoms. The van der Waals surface area contributed by atoms with Crippen molar-refractivity contribution in [1.82, 2.24) is 20.6 Å². The van der Waals surface area contributed by atoms with Crippen molar-refractivity contribution in [2.24, 2.45) is 0 Å². The summed E-state index contributed by atoms with van der Waals surface area (Å²) in [4.78, 5) is 16.3. The van der Waals surface area contributed by atoms with E-state index < -0.39 is 0 Å². The zero-order chi connectivity index (χ0) is 17.2. The fourth-order valence-electron chi connectivity index (χ4n) is 2.37. The number of benzene rings is 1. The molecular formula is C17H13N5O3. The Labute approximate surface area is 142 Å². The van der Waals surface area contributed by atoms with Gasteiger partial charge in [0.15, 0.2) is 5.69 Å². The lowest BCUT2D eigenvalue weighted by Gasteiger charge is -2.02. The van der Waals surface area contributed by atoms with E-state index in [0.717, 1.165) is 18.6 Å². The maximum Gasteiger partial charge on any atom is 0.251 e. The predicted molar refractivity (Wildman–Crippen MR) is 84.1 cm³/mol. The number of aromatic nitrogens is 3. The minimum absolute atomic E-state index is 0.0793. The highest BCUT2D eigenvalue weighted by Crippen LogP contribution is 2.40. The average Bonchev–Trinajstić information content (AvgIpc) is 3.19. The third-order valence-corrected chi connectivity index (χ3v) is 3.86. The topological polar surface area (TPSA) is 118 Å². The van der Waals surface area contributed by atoms with Gasteiger partial charge in [-0.15, -0.1) is 0 Å². The Morgan fingerprint density at radius 2 is 2.16 bits per heavy atom. The van der Waals surface area contributed by atoms with Gasteiger partial charge in [-0.3, -0.25) is 4.79 Å². The molecule has 4 rings (SSSR count). The van der Waals surface area contributed by atoms with Gasteiger partial charge in [-0.2, -0.15) is 10.2 Å². The molecule has 1 aliphatic carbocycles. The molecule has 124 valence electrons. The molecule has 1 fully saturated rings. The highest BCUT2D eigenvalue weighted by Gasteiger charge is 2.28.